The Labute approximate surface area is 129 Å². The van der Waals surface area contributed by atoms with Crippen molar-refractivity contribution in [2.45, 2.75) is 45.3 Å². The van der Waals surface area contributed by atoms with Crippen molar-refractivity contribution in [1.82, 2.24) is 5.32 Å². The van der Waals surface area contributed by atoms with Gasteiger partial charge in [0, 0.05) is 29.5 Å². The maximum Gasteiger partial charge on any atom is 0.224 e. The van der Waals surface area contributed by atoms with E-state index in [4.69, 9.17) is 9.15 Å². The molecule has 4 heteroatoms. The monoisotopic (exact) mass is 299 g/mol. The number of ether oxygens (including phenoxy) is 1. The predicted octanol–water partition coefficient (Wildman–Crippen LogP) is 2.89. The summed E-state index contributed by atoms with van der Waals surface area (Å²) in [7, 11) is 0. The third-order valence-electron chi connectivity index (χ3n) is 5.05. The Kier molecular flexibility index (Phi) is 3.22. The lowest BCUT2D eigenvalue weighted by Crippen LogP contribution is -2.53. The maximum atomic E-state index is 12.3. The zero-order valence-corrected chi connectivity index (χ0v) is 13.0. The van der Waals surface area contributed by atoms with Gasteiger partial charge in [0.15, 0.2) is 0 Å². The van der Waals surface area contributed by atoms with E-state index in [-0.39, 0.29) is 5.91 Å². The lowest BCUT2D eigenvalue weighted by molar-refractivity contribution is -0.123. The molecular weight excluding hydrogens is 278 g/mol. The molecule has 1 aliphatic carbocycles. The summed E-state index contributed by atoms with van der Waals surface area (Å²) in [5.41, 5.74) is 4.19. The second-order valence-corrected chi connectivity index (χ2v) is 6.66. The third-order valence-corrected chi connectivity index (χ3v) is 5.05. The van der Waals surface area contributed by atoms with Crippen molar-refractivity contribution in [3.8, 4) is 0 Å². The van der Waals surface area contributed by atoms with Gasteiger partial charge in [-0.1, -0.05) is 6.07 Å². The molecule has 1 saturated heterocycles. The van der Waals surface area contributed by atoms with E-state index in [1.165, 1.54) is 11.1 Å². The van der Waals surface area contributed by atoms with Crippen molar-refractivity contribution in [1.29, 1.82) is 0 Å². The lowest BCUT2D eigenvalue weighted by Gasteiger charge is -2.39. The van der Waals surface area contributed by atoms with Crippen LogP contribution in [0.25, 0.3) is 11.0 Å². The molecular formula is C18H21NO3. The fourth-order valence-electron chi connectivity index (χ4n) is 3.95. The lowest BCUT2D eigenvalue weighted by atomic mass is 9.76. The number of hydrogen-bond acceptors (Lipinski definition) is 3. The zero-order valence-electron chi connectivity index (χ0n) is 13.0. The topological polar surface area (TPSA) is 51.5 Å². The van der Waals surface area contributed by atoms with E-state index in [2.05, 4.69) is 25.2 Å². The summed E-state index contributed by atoms with van der Waals surface area (Å²) in [6, 6.07) is 4.45. The van der Waals surface area contributed by atoms with Crippen LogP contribution in [0, 0.1) is 19.8 Å². The highest BCUT2D eigenvalue weighted by Gasteiger charge is 2.45. The highest BCUT2D eigenvalue weighted by Crippen LogP contribution is 2.38. The predicted molar refractivity (Wildman–Crippen MR) is 83.8 cm³/mol. The van der Waals surface area contributed by atoms with Crippen LogP contribution in [0.1, 0.15) is 29.5 Å². The molecule has 22 heavy (non-hydrogen) atoms. The number of fused-ring (bicyclic) bond motifs is 2. The number of rotatable bonds is 3. The van der Waals surface area contributed by atoms with Gasteiger partial charge >= 0.3 is 0 Å². The highest BCUT2D eigenvalue weighted by molar-refractivity contribution is 5.90. The molecule has 1 N–H and O–H groups in total. The fourth-order valence-corrected chi connectivity index (χ4v) is 3.95. The van der Waals surface area contributed by atoms with E-state index in [1.54, 1.807) is 6.26 Å². The third kappa shape index (κ3) is 2.22. The number of amides is 1. The Bertz CT molecular complexity index is 733. The van der Waals surface area contributed by atoms with E-state index in [0.717, 1.165) is 36.0 Å². The molecule has 116 valence electrons. The quantitative estimate of drug-likeness (QED) is 0.948. The van der Waals surface area contributed by atoms with Crippen molar-refractivity contribution in [3.63, 3.8) is 0 Å². The number of carbonyl (C=O) groups is 1. The van der Waals surface area contributed by atoms with E-state index in [9.17, 15) is 4.79 Å². The van der Waals surface area contributed by atoms with Gasteiger partial charge in [-0.05, 0) is 43.9 Å². The molecule has 4 rings (SSSR count). The van der Waals surface area contributed by atoms with Gasteiger partial charge in [0.05, 0.1) is 18.8 Å². The van der Waals surface area contributed by atoms with Gasteiger partial charge in [0.2, 0.25) is 5.91 Å². The molecule has 1 saturated carbocycles. The summed E-state index contributed by atoms with van der Waals surface area (Å²) < 4.78 is 11.2. The smallest absolute Gasteiger partial charge is 0.224 e. The Morgan fingerprint density at radius 1 is 1.36 bits per heavy atom. The molecule has 2 aromatic rings. The summed E-state index contributed by atoms with van der Waals surface area (Å²) in [4.78, 5) is 12.3. The summed E-state index contributed by atoms with van der Waals surface area (Å²) in [5, 5.41) is 4.24. The maximum absolute atomic E-state index is 12.3. The average molecular weight is 299 g/mol. The van der Waals surface area contributed by atoms with Crippen molar-refractivity contribution in [2.75, 3.05) is 6.61 Å². The molecule has 2 heterocycles. The molecule has 1 aromatic heterocycles. The molecule has 4 nitrogen and oxygen atoms in total. The van der Waals surface area contributed by atoms with E-state index < -0.39 is 0 Å². The van der Waals surface area contributed by atoms with E-state index in [0.29, 0.717) is 24.5 Å². The van der Waals surface area contributed by atoms with Gasteiger partial charge in [-0.3, -0.25) is 4.79 Å². The van der Waals surface area contributed by atoms with Crippen molar-refractivity contribution in [2.24, 2.45) is 5.92 Å². The van der Waals surface area contributed by atoms with Crippen molar-refractivity contribution < 1.29 is 13.9 Å². The molecule has 2 fully saturated rings. The zero-order chi connectivity index (χ0) is 15.3. The summed E-state index contributed by atoms with van der Waals surface area (Å²) in [5.74, 6) is 0.604. The normalized spacial score (nSPS) is 26.7. The van der Waals surface area contributed by atoms with Gasteiger partial charge < -0.3 is 14.5 Å². The molecule has 0 spiro atoms. The number of furan rings is 1. The van der Waals surface area contributed by atoms with E-state index >= 15 is 0 Å². The summed E-state index contributed by atoms with van der Waals surface area (Å²) in [6.45, 7) is 4.96. The number of carbonyl (C=O) groups excluding carboxylic acids is 1. The average Bonchev–Trinajstić information content (AvgIpc) is 3.00. The summed E-state index contributed by atoms with van der Waals surface area (Å²) in [6.07, 6.45) is 4.51. The van der Waals surface area contributed by atoms with Gasteiger partial charge in [0.25, 0.3) is 0 Å². The molecule has 0 bridgehead atoms. The molecule has 2 aliphatic rings. The number of benzene rings is 1. The first-order chi connectivity index (χ1) is 10.6. The molecule has 1 aliphatic heterocycles. The van der Waals surface area contributed by atoms with Crippen LogP contribution in [0.5, 0.6) is 0 Å². The first-order valence-electron chi connectivity index (χ1n) is 8.00. The first-order valence-corrected chi connectivity index (χ1v) is 8.00. The number of hydrogen-bond donors (Lipinski definition) is 1. The van der Waals surface area contributed by atoms with Crippen LogP contribution in [0.4, 0.5) is 0 Å². The minimum atomic E-state index is 0.0815. The van der Waals surface area contributed by atoms with Crippen LogP contribution in [-0.2, 0) is 16.0 Å². The molecule has 1 amide bonds. The SMILES string of the molecule is Cc1cc(C)c2c(CC(=O)N[C@H]3C[C@@H]4OCC[C@H]34)coc2c1. The van der Waals surface area contributed by atoms with Gasteiger partial charge in [-0.2, -0.15) is 0 Å². The standard InChI is InChI=1S/C18H21NO3/c1-10-5-11(2)18-12(9-22-16(18)6-10)7-17(20)19-14-8-15-13(14)3-4-21-15/h5-6,9,13-15H,3-4,7-8H2,1-2H3,(H,19,20)/t13-,14+,15+/m1/s1. The number of aryl methyl sites for hydroxylation is 2. The molecule has 1 aromatic carbocycles. The van der Waals surface area contributed by atoms with Crippen LogP contribution in [0.3, 0.4) is 0 Å². The highest BCUT2D eigenvalue weighted by atomic mass is 16.5. The fraction of sp³-hybridized carbons (Fsp3) is 0.500. The second kappa shape index (κ2) is 5.13. The van der Waals surface area contributed by atoms with Crippen molar-refractivity contribution in [3.05, 3.63) is 35.1 Å². The van der Waals surface area contributed by atoms with Crippen LogP contribution < -0.4 is 5.32 Å². The van der Waals surface area contributed by atoms with Crippen LogP contribution in [-0.4, -0.2) is 24.7 Å². The van der Waals surface area contributed by atoms with Gasteiger partial charge in [-0.15, -0.1) is 0 Å². The molecule has 3 atom stereocenters. The van der Waals surface area contributed by atoms with Gasteiger partial charge in [-0.25, -0.2) is 0 Å². The van der Waals surface area contributed by atoms with Crippen LogP contribution in [0.15, 0.2) is 22.8 Å². The van der Waals surface area contributed by atoms with Crippen LogP contribution in [0.2, 0.25) is 0 Å². The number of nitrogens with one attached hydrogen (secondary N) is 1. The Morgan fingerprint density at radius 3 is 3.05 bits per heavy atom. The summed E-state index contributed by atoms with van der Waals surface area (Å²) >= 11 is 0. The van der Waals surface area contributed by atoms with Crippen LogP contribution >= 0.6 is 0 Å². The second-order valence-electron chi connectivity index (χ2n) is 6.66. The Balaban J connectivity index is 1.48. The Hall–Kier alpha value is -1.81. The van der Waals surface area contributed by atoms with Gasteiger partial charge in [0.1, 0.15) is 5.58 Å². The first kappa shape index (κ1) is 13.8. The minimum absolute atomic E-state index is 0.0815. The minimum Gasteiger partial charge on any atom is -0.464 e. The van der Waals surface area contributed by atoms with Crippen molar-refractivity contribution >= 4 is 16.9 Å². The molecule has 0 radical (unpaired) electrons. The van der Waals surface area contributed by atoms with E-state index in [1.807, 2.05) is 6.07 Å². The Morgan fingerprint density at radius 2 is 2.23 bits per heavy atom. The largest absolute Gasteiger partial charge is 0.464 e. The molecule has 0 unspecified atom stereocenters.